The summed E-state index contributed by atoms with van der Waals surface area (Å²) in [6.07, 6.45) is 0. The molecule has 1 N–H and O–H groups in total. The van der Waals surface area contributed by atoms with Crippen LogP contribution in [0.5, 0.6) is 0 Å². The Balaban J connectivity index is 2.30. The van der Waals surface area contributed by atoms with Gasteiger partial charge in [0, 0.05) is 19.8 Å². The molecule has 0 heterocycles. The van der Waals surface area contributed by atoms with Crippen molar-refractivity contribution in [2.75, 3.05) is 30.3 Å². The van der Waals surface area contributed by atoms with Crippen LogP contribution >= 0.6 is 0 Å². The van der Waals surface area contributed by atoms with E-state index in [1.54, 1.807) is 30.3 Å². The van der Waals surface area contributed by atoms with Crippen molar-refractivity contribution in [3.63, 3.8) is 0 Å². The van der Waals surface area contributed by atoms with Crippen LogP contribution in [0.4, 0.5) is 11.4 Å². The van der Waals surface area contributed by atoms with Gasteiger partial charge in [-0.1, -0.05) is 36.4 Å². The molecule has 2 aromatic rings. The molecular weight excluding hydrogens is 338 g/mol. The summed E-state index contributed by atoms with van der Waals surface area (Å²) in [6, 6.07) is 14.3. The van der Waals surface area contributed by atoms with E-state index in [4.69, 9.17) is 0 Å². The van der Waals surface area contributed by atoms with Gasteiger partial charge in [-0.2, -0.15) is 12.7 Å². The van der Waals surface area contributed by atoms with Crippen LogP contribution in [0.2, 0.25) is 0 Å². The van der Waals surface area contributed by atoms with E-state index < -0.39 is 16.1 Å². The van der Waals surface area contributed by atoms with Gasteiger partial charge < -0.3 is 5.32 Å². The summed E-state index contributed by atoms with van der Waals surface area (Å²) in [7, 11) is -0.915. The minimum atomic E-state index is -3.79. The fourth-order valence-electron chi connectivity index (χ4n) is 2.42. The summed E-state index contributed by atoms with van der Waals surface area (Å²) in [4.78, 5) is 12.5. The molecule has 0 radical (unpaired) electrons. The molecule has 0 saturated carbocycles. The SMILES string of the molecule is Cc1cccc(C)c1NC(=O)CN(c1ccccc1)S(=O)(=O)N(C)C. The molecule has 0 aromatic heterocycles. The Morgan fingerprint density at radius 2 is 1.52 bits per heavy atom. The van der Waals surface area contributed by atoms with Crippen LogP contribution in [-0.2, 0) is 15.0 Å². The zero-order chi connectivity index (χ0) is 18.6. The number of para-hydroxylation sites is 2. The van der Waals surface area contributed by atoms with Crippen LogP contribution in [0, 0.1) is 13.8 Å². The molecule has 0 aliphatic heterocycles. The van der Waals surface area contributed by atoms with E-state index in [-0.39, 0.29) is 6.54 Å². The highest BCUT2D eigenvalue weighted by Crippen LogP contribution is 2.21. The molecule has 0 spiro atoms. The average molecular weight is 361 g/mol. The normalized spacial score (nSPS) is 11.4. The standard InChI is InChI=1S/C18H23N3O3S/c1-14-9-8-10-15(2)18(14)19-17(22)13-21(25(23,24)20(3)4)16-11-6-5-7-12-16/h5-12H,13H2,1-4H3,(H,19,22). The lowest BCUT2D eigenvalue weighted by Gasteiger charge is -2.27. The molecular formula is C18H23N3O3S. The number of hydrogen-bond acceptors (Lipinski definition) is 3. The van der Waals surface area contributed by atoms with Crippen molar-refractivity contribution in [1.29, 1.82) is 0 Å². The molecule has 6 nitrogen and oxygen atoms in total. The maximum atomic E-state index is 12.6. The topological polar surface area (TPSA) is 69.7 Å². The van der Waals surface area contributed by atoms with E-state index in [1.165, 1.54) is 14.1 Å². The predicted molar refractivity (Wildman–Crippen MR) is 101 cm³/mol. The molecule has 0 atom stereocenters. The highest BCUT2D eigenvalue weighted by atomic mass is 32.2. The second-order valence-corrected chi connectivity index (χ2v) is 8.01. The van der Waals surface area contributed by atoms with Crippen molar-refractivity contribution in [1.82, 2.24) is 4.31 Å². The molecule has 0 aliphatic rings. The molecule has 7 heteroatoms. The van der Waals surface area contributed by atoms with Gasteiger partial charge in [0.15, 0.2) is 0 Å². The van der Waals surface area contributed by atoms with Crippen molar-refractivity contribution < 1.29 is 13.2 Å². The maximum absolute atomic E-state index is 12.6. The minimum Gasteiger partial charge on any atom is -0.324 e. The Hall–Kier alpha value is -2.38. The molecule has 0 unspecified atom stereocenters. The Morgan fingerprint density at radius 1 is 0.960 bits per heavy atom. The summed E-state index contributed by atoms with van der Waals surface area (Å²) < 4.78 is 27.4. The van der Waals surface area contributed by atoms with Crippen LogP contribution in [0.25, 0.3) is 0 Å². The van der Waals surface area contributed by atoms with E-state index in [0.717, 1.165) is 19.7 Å². The molecule has 134 valence electrons. The van der Waals surface area contributed by atoms with Gasteiger partial charge in [-0.15, -0.1) is 0 Å². The van der Waals surface area contributed by atoms with Gasteiger partial charge in [-0.3, -0.25) is 4.79 Å². The fourth-order valence-corrected chi connectivity index (χ4v) is 3.48. The van der Waals surface area contributed by atoms with Crippen LogP contribution in [0.1, 0.15) is 11.1 Å². The Bertz CT molecular complexity index is 829. The zero-order valence-corrected chi connectivity index (χ0v) is 15.7. The predicted octanol–water partition coefficient (Wildman–Crippen LogP) is 2.55. The quantitative estimate of drug-likeness (QED) is 0.860. The third-order valence-corrected chi connectivity index (χ3v) is 5.64. The second-order valence-electron chi connectivity index (χ2n) is 5.95. The monoisotopic (exact) mass is 361 g/mol. The number of benzene rings is 2. The largest absolute Gasteiger partial charge is 0.324 e. The molecule has 0 aliphatic carbocycles. The summed E-state index contributed by atoms with van der Waals surface area (Å²) in [5.74, 6) is -0.397. The highest BCUT2D eigenvalue weighted by molar-refractivity contribution is 7.90. The number of nitrogens with zero attached hydrogens (tertiary/aromatic N) is 2. The first-order chi connectivity index (χ1) is 11.7. The molecule has 25 heavy (non-hydrogen) atoms. The summed E-state index contributed by atoms with van der Waals surface area (Å²) in [5.41, 5.74) is 3.00. The Morgan fingerprint density at radius 3 is 2.04 bits per heavy atom. The number of hydrogen-bond donors (Lipinski definition) is 1. The smallest absolute Gasteiger partial charge is 0.304 e. The number of nitrogens with one attached hydrogen (secondary N) is 1. The van der Waals surface area contributed by atoms with Crippen LogP contribution in [-0.4, -0.2) is 39.3 Å². The van der Waals surface area contributed by atoms with Crippen molar-refractivity contribution in [2.24, 2.45) is 0 Å². The van der Waals surface area contributed by atoms with E-state index >= 15 is 0 Å². The average Bonchev–Trinajstić information content (AvgIpc) is 2.56. The van der Waals surface area contributed by atoms with Crippen molar-refractivity contribution in [3.8, 4) is 0 Å². The molecule has 1 amide bonds. The molecule has 0 fully saturated rings. The van der Waals surface area contributed by atoms with E-state index in [9.17, 15) is 13.2 Å². The molecule has 2 aromatic carbocycles. The summed E-state index contributed by atoms with van der Waals surface area (Å²) >= 11 is 0. The van der Waals surface area contributed by atoms with Gasteiger partial charge in [-0.25, -0.2) is 4.31 Å². The first kappa shape index (κ1) is 19.0. The third kappa shape index (κ3) is 4.37. The summed E-state index contributed by atoms with van der Waals surface area (Å²) in [6.45, 7) is 3.49. The maximum Gasteiger partial charge on any atom is 0.304 e. The van der Waals surface area contributed by atoms with Crippen molar-refractivity contribution in [3.05, 3.63) is 59.7 Å². The highest BCUT2D eigenvalue weighted by Gasteiger charge is 2.27. The molecule has 2 rings (SSSR count). The number of amides is 1. The minimum absolute atomic E-state index is 0.307. The molecule has 0 bridgehead atoms. The number of aryl methyl sites for hydroxylation is 2. The molecule has 0 saturated heterocycles. The van der Waals surface area contributed by atoms with Gasteiger partial charge in [0.2, 0.25) is 5.91 Å². The number of anilines is 2. The van der Waals surface area contributed by atoms with Crippen molar-refractivity contribution in [2.45, 2.75) is 13.8 Å². The van der Waals surface area contributed by atoms with Gasteiger partial charge in [0.1, 0.15) is 6.54 Å². The Kier molecular flexibility index (Phi) is 5.81. The van der Waals surface area contributed by atoms with E-state index in [1.807, 2.05) is 32.0 Å². The first-order valence-electron chi connectivity index (χ1n) is 7.85. The number of carbonyl (C=O) groups is 1. The van der Waals surface area contributed by atoms with Crippen molar-refractivity contribution >= 4 is 27.5 Å². The fraction of sp³-hybridized carbons (Fsp3) is 0.278. The van der Waals surface area contributed by atoms with Gasteiger partial charge in [0.25, 0.3) is 0 Å². The Labute approximate surface area is 149 Å². The van der Waals surface area contributed by atoms with Crippen LogP contribution in [0.15, 0.2) is 48.5 Å². The lowest BCUT2D eigenvalue weighted by molar-refractivity contribution is -0.114. The lowest BCUT2D eigenvalue weighted by atomic mass is 10.1. The van der Waals surface area contributed by atoms with Gasteiger partial charge in [-0.05, 0) is 37.1 Å². The second kappa shape index (κ2) is 7.67. The van der Waals surface area contributed by atoms with E-state index in [0.29, 0.717) is 11.4 Å². The summed E-state index contributed by atoms with van der Waals surface area (Å²) in [5, 5.41) is 2.83. The van der Waals surface area contributed by atoms with Gasteiger partial charge >= 0.3 is 10.2 Å². The third-order valence-electron chi connectivity index (χ3n) is 3.82. The van der Waals surface area contributed by atoms with Crippen LogP contribution < -0.4 is 9.62 Å². The zero-order valence-electron chi connectivity index (χ0n) is 14.9. The van der Waals surface area contributed by atoms with Gasteiger partial charge in [0.05, 0.1) is 5.69 Å². The first-order valence-corrected chi connectivity index (χ1v) is 9.24. The van der Waals surface area contributed by atoms with Crippen LogP contribution in [0.3, 0.4) is 0 Å². The number of carbonyl (C=O) groups excluding carboxylic acids is 1. The van der Waals surface area contributed by atoms with E-state index in [2.05, 4.69) is 5.32 Å². The lowest BCUT2D eigenvalue weighted by Crippen LogP contribution is -2.44. The number of rotatable bonds is 6.